The number of benzene rings is 1. The van der Waals surface area contributed by atoms with Gasteiger partial charge in [-0.15, -0.1) is 0 Å². The minimum Gasteiger partial charge on any atom is -0.368 e. The van der Waals surface area contributed by atoms with Gasteiger partial charge in [0, 0.05) is 13.2 Å². The van der Waals surface area contributed by atoms with E-state index in [1.54, 1.807) is 0 Å². The van der Waals surface area contributed by atoms with Crippen LogP contribution in [0.4, 0.5) is 0 Å². The molecule has 2 aliphatic rings. The number of carbonyl (C=O) groups is 1. The molecule has 0 unspecified atom stereocenters. The van der Waals surface area contributed by atoms with E-state index >= 15 is 0 Å². The van der Waals surface area contributed by atoms with Gasteiger partial charge in [-0.3, -0.25) is 9.69 Å². The van der Waals surface area contributed by atoms with Gasteiger partial charge in [0.2, 0.25) is 5.91 Å². The van der Waals surface area contributed by atoms with Crippen molar-refractivity contribution < 1.29 is 9.53 Å². The third kappa shape index (κ3) is 4.55. The molecule has 4 heteroatoms. The van der Waals surface area contributed by atoms with Gasteiger partial charge in [-0.2, -0.15) is 0 Å². The van der Waals surface area contributed by atoms with Crippen molar-refractivity contribution in [2.45, 2.75) is 50.7 Å². The van der Waals surface area contributed by atoms with Gasteiger partial charge < -0.3 is 10.1 Å². The molecule has 1 aromatic rings. The zero-order valence-electron chi connectivity index (χ0n) is 13.9. The lowest BCUT2D eigenvalue weighted by molar-refractivity contribution is -0.130. The third-order valence-corrected chi connectivity index (χ3v) is 4.96. The van der Waals surface area contributed by atoms with Crippen LogP contribution >= 0.6 is 0 Å². The zero-order valence-corrected chi connectivity index (χ0v) is 13.9. The van der Waals surface area contributed by atoms with E-state index in [2.05, 4.69) is 34.5 Å². The molecule has 2 heterocycles. The van der Waals surface area contributed by atoms with Crippen LogP contribution in [-0.4, -0.2) is 43.2 Å². The summed E-state index contributed by atoms with van der Waals surface area (Å²) in [6.07, 6.45) is 6.75. The Kier molecular flexibility index (Phi) is 6.06. The maximum Gasteiger partial charge on any atom is 0.249 e. The van der Waals surface area contributed by atoms with Crippen LogP contribution in [0, 0.1) is 0 Å². The molecule has 2 atom stereocenters. The smallest absolute Gasteiger partial charge is 0.249 e. The lowest BCUT2D eigenvalue weighted by atomic mass is 10.0. The zero-order chi connectivity index (χ0) is 15.9. The van der Waals surface area contributed by atoms with E-state index in [1.165, 1.54) is 31.2 Å². The Labute approximate surface area is 139 Å². The molecule has 0 bridgehead atoms. The quantitative estimate of drug-likeness (QED) is 0.908. The highest BCUT2D eigenvalue weighted by atomic mass is 16.5. The molecule has 4 nitrogen and oxygen atoms in total. The summed E-state index contributed by atoms with van der Waals surface area (Å²) in [7, 11) is 0. The average Bonchev–Trinajstić information content (AvgIpc) is 3.00. The number of nitrogens with one attached hydrogen (secondary N) is 1. The molecule has 126 valence electrons. The summed E-state index contributed by atoms with van der Waals surface area (Å²) in [5.41, 5.74) is 1.29. The number of rotatable bonds is 5. The van der Waals surface area contributed by atoms with Crippen molar-refractivity contribution in [2.75, 3.05) is 26.2 Å². The molecule has 1 amide bonds. The third-order valence-electron chi connectivity index (χ3n) is 4.96. The second-order valence-electron chi connectivity index (χ2n) is 6.62. The number of amides is 1. The van der Waals surface area contributed by atoms with Crippen LogP contribution in [0.5, 0.6) is 0 Å². The van der Waals surface area contributed by atoms with Crippen molar-refractivity contribution in [2.24, 2.45) is 0 Å². The molecule has 1 N–H and O–H groups in total. The highest BCUT2D eigenvalue weighted by Crippen LogP contribution is 2.24. The van der Waals surface area contributed by atoms with Gasteiger partial charge in [-0.05, 0) is 44.3 Å². The summed E-state index contributed by atoms with van der Waals surface area (Å²) >= 11 is 0. The van der Waals surface area contributed by atoms with E-state index in [4.69, 9.17) is 4.74 Å². The van der Waals surface area contributed by atoms with Crippen LogP contribution in [0.3, 0.4) is 0 Å². The Morgan fingerprint density at radius 2 is 1.87 bits per heavy atom. The first-order valence-electron chi connectivity index (χ1n) is 9.03. The number of hydrogen-bond acceptors (Lipinski definition) is 3. The van der Waals surface area contributed by atoms with Crippen molar-refractivity contribution in [3.63, 3.8) is 0 Å². The lowest BCUT2D eigenvalue weighted by Crippen LogP contribution is -2.42. The summed E-state index contributed by atoms with van der Waals surface area (Å²) in [5.74, 6) is 0.0539. The minimum absolute atomic E-state index is 0.0539. The standard InChI is InChI=1S/C19H28N2O2/c22-19(18-11-8-14-23-18)20-15-17(16-9-4-3-5-10-16)21-12-6-1-2-7-13-21/h3-5,9-10,17-18H,1-2,6-8,11-15H2,(H,20,22)/t17-,18+/m1/s1. The molecule has 0 aliphatic carbocycles. The van der Waals surface area contributed by atoms with Crippen molar-refractivity contribution >= 4 is 5.91 Å². The fourth-order valence-electron chi connectivity index (χ4n) is 3.64. The maximum absolute atomic E-state index is 12.3. The summed E-state index contributed by atoms with van der Waals surface area (Å²) in [5, 5.41) is 3.14. The molecule has 0 aromatic heterocycles. The maximum atomic E-state index is 12.3. The molecule has 0 saturated carbocycles. The van der Waals surface area contributed by atoms with Crippen molar-refractivity contribution in [3.8, 4) is 0 Å². The van der Waals surface area contributed by atoms with Crippen molar-refractivity contribution in [1.82, 2.24) is 10.2 Å². The predicted molar refractivity (Wildman–Crippen MR) is 91.2 cm³/mol. The molecule has 0 spiro atoms. The topological polar surface area (TPSA) is 41.6 Å². The molecule has 23 heavy (non-hydrogen) atoms. The number of carbonyl (C=O) groups excluding carboxylic acids is 1. The van der Waals surface area contributed by atoms with Gasteiger partial charge in [0.15, 0.2) is 0 Å². The molecule has 0 radical (unpaired) electrons. The Morgan fingerprint density at radius 1 is 1.13 bits per heavy atom. The first kappa shape index (κ1) is 16.5. The molecule has 2 fully saturated rings. The largest absolute Gasteiger partial charge is 0.368 e. The molecule has 3 rings (SSSR count). The minimum atomic E-state index is -0.240. The Morgan fingerprint density at radius 3 is 2.52 bits per heavy atom. The normalized spacial score (nSPS) is 24.1. The van der Waals surface area contributed by atoms with Crippen molar-refractivity contribution in [3.05, 3.63) is 35.9 Å². The number of likely N-dealkylation sites (tertiary alicyclic amines) is 1. The van der Waals surface area contributed by atoms with Crippen LogP contribution < -0.4 is 5.32 Å². The second-order valence-corrected chi connectivity index (χ2v) is 6.62. The van der Waals surface area contributed by atoms with Gasteiger partial charge >= 0.3 is 0 Å². The van der Waals surface area contributed by atoms with Gasteiger partial charge in [0.25, 0.3) is 0 Å². The summed E-state index contributed by atoms with van der Waals surface area (Å²) < 4.78 is 5.49. The first-order chi connectivity index (χ1) is 11.3. The monoisotopic (exact) mass is 316 g/mol. The molecular formula is C19H28N2O2. The van der Waals surface area contributed by atoms with E-state index in [0.29, 0.717) is 13.2 Å². The van der Waals surface area contributed by atoms with Gasteiger partial charge in [-0.25, -0.2) is 0 Å². The Balaban J connectivity index is 1.65. The van der Waals surface area contributed by atoms with E-state index < -0.39 is 0 Å². The average molecular weight is 316 g/mol. The van der Waals surface area contributed by atoms with Crippen molar-refractivity contribution in [1.29, 1.82) is 0 Å². The van der Waals surface area contributed by atoms with Gasteiger partial charge in [0.05, 0.1) is 6.04 Å². The Hall–Kier alpha value is -1.39. The number of nitrogens with zero attached hydrogens (tertiary/aromatic N) is 1. The molecule has 2 saturated heterocycles. The number of ether oxygens (including phenoxy) is 1. The lowest BCUT2D eigenvalue weighted by Gasteiger charge is -2.31. The summed E-state index contributed by atoms with van der Waals surface area (Å²) in [6.45, 7) is 3.62. The van der Waals surface area contributed by atoms with Crippen LogP contribution in [0.2, 0.25) is 0 Å². The van der Waals surface area contributed by atoms with Gasteiger partial charge in [-0.1, -0.05) is 43.2 Å². The fourth-order valence-corrected chi connectivity index (χ4v) is 3.64. The van der Waals surface area contributed by atoms with E-state index in [-0.39, 0.29) is 18.1 Å². The SMILES string of the molecule is O=C(NC[C@H](c1ccccc1)N1CCCCCC1)[C@@H]1CCCO1. The number of hydrogen-bond donors (Lipinski definition) is 1. The van der Waals surface area contributed by atoms with Crippen LogP contribution in [0.1, 0.15) is 50.1 Å². The molecule has 1 aromatic carbocycles. The van der Waals surface area contributed by atoms with E-state index in [9.17, 15) is 4.79 Å². The van der Waals surface area contributed by atoms with E-state index in [0.717, 1.165) is 25.9 Å². The highest BCUT2D eigenvalue weighted by molar-refractivity contribution is 5.81. The molecular weight excluding hydrogens is 288 g/mol. The Bertz CT molecular complexity index is 477. The fraction of sp³-hybridized carbons (Fsp3) is 0.632. The summed E-state index contributed by atoms with van der Waals surface area (Å²) in [4.78, 5) is 14.8. The summed E-state index contributed by atoms with van der Waals surface area (Å²) in [6, 6.07) is 10.8. The van der Waals surface area contributed by atoms with Gasteiger partial charge in [0.1, 0.15) is 6.10 Å². The second kappa shape index (κ2) is 8.46. The first-order valence-corrected chi connectivity index (χ1v) is 9.03. The molecule has 2 aliphatic heterocycles. The van der Waals surface area contributed by atoms with Crippen LogP contribution in [0.15, 0.2) is 30.3 Å². The predicted octanol–water partition coefficient (Wildman–Crippen LogP) is 2.90. The highest BCUT2D eigenvalue weighted by Gasteiger charge is 2.26. The van der Waals surface area contributed by atoms with Crippen LogP contribution in [0.25, 0.3) is 0 Å². The van der Waals surface area contributed by atoms with Crippen LogP contribution in [-0.2, 0) is 9.53 Å². The van der Waals surface area contributed by atoms with E-state index in [1.807, 2.05) is 6.07 Å².